The number of ether oxygens (including phenoxy) is 2. The van der Waals surface area contributed by atoms with Crippen molar-refractivity contribution in [3.63, 3.8) is 0 Å². The molecule has 0 spiro atoms. The van der Waals surface area contributed by atoms with Crippen molar-refractivity contribution >= 4 is 40.3 Å². The lowest BCUT2D eigenvalue weighted by molar-refractivity contribution is -0.138. The summed E-state index contributed by atoms with van der Waals surface area (Å²) in [4.78, 5) is 25.2. The molecule has 180 valence electrons. The number of hydrogen-bond donors (Lipinski definition) is 1. The number of cyclic esters (lactones) is 1. The highest BCUT2D eigenvalue weighted by Crippen LogP contribution is 2.39. The number of alkyl halides is 3. The van der Waals surface area contributed by atoms with Gasteiger partial charge in [0.05, 0.1) is 16.9 Å². The summed E-state index contributed by atoms with van der Waals surface area (Å²) in [6, 6.07) is 10.4. The van der Waals surface area contributed by atoms with Gasteiger partial charge in [0, 0.05) is 6.54 Å². The molecule has 2 atom stereocenters. The van der Waals surface area contributed by atoms with Crippen LogP contribution in [0.5, 0.6) is 11.5 Å². The fraction of sp³-hybridized carbons (Fsp3) is 0.348. The molecule has 2 amide bonds. The van der Waals surface area contributed by atoms with E-state index in [1.54, 1.807) is 29.2 Å². The quantitative estimate of drug-likeness (QED) is 0.533. The SMILES string of the molecule is CCN1C(=O)OCC1Cc1ccc(Oc2ccc(CC3SC(=S)NC3=O)cc2C(F)(F)F)cc1. The summed E-state index contributed by atoms with van der Waals surface area (Å²) < 4.78 is 52.2. The number of thiocarbonyl (C=S) groups is 1. The Balaban J connectivity index is 1.47. The van der Waals surface area contributed by atoms with Gasteiger partial charge in [0.25, 0.3) is 0 Å². The molecule has 2 saturated heterocycles. The summed E-state index contributed by atoms with van der Waals surface area (Å²) in [5.41, 5.74) is 0.354. The van der Waals surface area contributed by atoms with Gasteiger partial charge in [-0.15, -0.1) is 0 Å². The zero-order valence-corrected chi connectivity index (χ0v) is 19.7. The summed E-state index contributed by atoms with van der Waals surface area (Å²) >= 11 is 6.07. The number of likely N-dealkylation sites (N-methyl/N-ethyl adjacent to an activating group) is 1. The summed E-state index contributed by atoms with van der Waals surface area (Å²) in [5, 5.41) is 1.93. The van der Waals surface area contributed by atoms with Crippen LogP contribution in [-0.2, 0) is 28.5 Å². The van der Waals surface area contributed by atoms with Crippen LogP contribution >= 0.6 is 24.0 Å². The first-order valence-corrected chi connectivity index (χ1v) is 11.8. The number of amides is 2. The maximum absolute atomic E-state index is 13.7. The predicted molar refractivity (Wildman–Crippen MR) is 125 cm³/mol. The smallest absolute Gasteiger partial charge is 0.419 e. The van der Waals surface area contributed by atoms with Crippen LogP contribution in [0.15, 0.2) is 42.5 Å². The number of nitrogens with one attached hydrogen (secondary N) is 1. The Morgan fingerprint density at radius 3 is 2.47 bits per heavy atom. The molecule has 2 unspecified atom stereocenters. The molecule has 0 aliphatic carbocycles. The molecule has 2 aromatic carbocycles. The second-order valence-corrected chi connectivity index (χ2v) is 9.76. The van der Waals surface area contributed by atoms with Gasteiger partial charge in [-0.3, -0.25) is 4.79 Å². The van der Waals surface area contributed by atoms with E-state index in [0.29, 0.717) is 29.5 Å². The summed E-state index contributed by atoms with van der Waals surface area (Å²) in [6.07, 6.45) is -4.29. The first kappa shape index (κ1) is 24.3. The topological polar surface area (TPSA) is 67.9 Å². The summed E-state index contributed by atoms with van der Waals surface area (Å²) in [5.74, 6) is -0.376. The van der Waals surface area contributed by atoms with Crippen molar-refractivity contribution in [1.29, 1.82) is 0 Å². The molecule has 11 heteroatoms. The van der Waals surface area contributed by atoms with Crippen LogP contribution in [0.4, 0.5) is 18.0 Å². The Labute approximate surface area is 203 Å². The lowest BCUT2D eigenvalue weighted by Gasteiger charge is -2.19. The molecule has 2 aliphatic rings. The molecule has 0 aromatic heterocycles. The van der Waals surface area contributed by atoms with Crippen molar-refractivity contribution in [2.24, 2.45) is 0 Å². The fourth-order valence-electron chi connectivity index (χ4n) is 3.89. The number of benzene rings is 2. The number of carbonyl (C=O) groups excluding carboxylic acids is 2. The molecule has 34 heavy (non-hydrogen) atoms. The number of thioether (sulfide) groups is 1. The Kier molecular flexibility index (Phi) is 7.04. The standard InChI is InChI=1S/C23H21F3N2O4S2/c1-2-28-15(12-31-22(28)30)9-13-3-6-16(7-4-13)32-18-8-5-14(10-17(18)23(24,25)26)11-19-20(29)27-21(33)34-19/h3-8,10,15,19H,2,9,11-12H2,1H3,(H,27,29,33). The first-order valence-electron chi connectivity index (χ1n) is 10.6. The van der Waals surface area contributed by atoms with Crippen LogP contribution < -0.4 is 10.1 Å². The van der Waals surface area contributed by atoms with Gasteiger partial charge in [-0.2, -0.15) is 13.2 Å². The first-order chi connectivity index (χ1) is 16.1. The van der Waals surface area contributed by atoms with Crippen LogP contribution in [0, 0.1) is 0 Å². The van der Waals surface area contributed by atoms with Gasteiger partial charge < -0.3 is 19.7 Å². The third-order valence-corrected chi connectivity index (χ3v) is 6.95. The molecule has 2 aliphatic heterocycles. The lowest BCUT2D eigenvalue weighted by atomic mass is 10.0. The minimum atomic E-state index is -4.63. The molecular weight excluding hydrogens is 489 g/mol. The van der Waals surface area contributed by atoms with Crippen LogP contribution in [0.25, 0.3) is 0 Å². The summed E-state index contributed by atoms with van der Waals surface area (Å²) in [7, 11) is 0. The third kappa shape index (κ3) is 5.47. The van der Waals surface area contributed by atoms with E-state index in [9.17, 15) is 22.8 Å². The van der Waals surface area contributed by atoms with Crippen LogP contribution in [0.2, 0.25) is 0 Å². The van der Waals surface area contributed by atoms with Crippen molar-refractivity contribution < 1.29 is 32.2 Å². The second-order valence-electron chi connectivity index (χ2n) is 7.88. The van der Waals surface area contributed by atoms with Gasteiger partial charge in [0.2, 0.25) is 5.91 Å². The van der Waals surface area contributed by atoms with Crippen molar-refractivity contribution in [1.82, 2.24) is 10.2 Å². The fourth-order valence-corrected chi connectivity index (χ4v) is 5.20. The van der Waals surface area contributed by atoms with Crippen LogP contribution in [0.1, 0.15) is 23.6 Å². The van der Waals surface area contributed by atoms with E-state index in [1.165, 1.54) is 12.1 Å². The molecule has 2 aromatic rings. The highest BCUT2D eigenvalue weighted by Gasteiger charge is 2.36. The van der Waals surface area contributed by atoms with Gasteiger partial charge in [-0.1, -0.05) is 42.2 Å². The normalized spacial score (nSPS) is 20.5. The minimum absolute atomic E-state index is 0.0805. The Hall–Kier alpha value is -2.79. The number of rotatable bonds is 7. The van der Waals surface area contributed by atoms with E-state index in [4.69, 9.17) is 21.7 Å². The molecule has 2 heterocycles. The van der Waals surface area contributed by atoms with Crippen molar-refractivity contribution in [2.45, 2.75) is 37.2 Å². The van der Waals surface area contributed by atoms with Gasteiger partial charge in [-0.05, 0) is 55.2 Å². The Morgan fingerprint density at radius 1 is 1.15 bits per heavy atom. The van der Waals surface area contributed by atoms with Gasteiger partial charge in [0.1, 0.15) is 22.4 Å². The minimum Gasteiger partial charge on any atom is -0.457 e. The highest BCUT2D eigenvalue weighted by molar-refractivity contribution is 8.24. The predicted octanol–water partition coefficient (Wildman–Crippen LogP) is 4.94. The molecule has 2 fully saturated rings. The van der Waals surface area contributed by atoms with E-state index in [2.05, 4.69) is 5.32 Å². The maximum atomic E-state index is 13.7. The van der Waals surface area contributed by atoms with Crippen molar-refractivity contribution in [2.75, 3.05) is 13.2 Å². The average Bonchev–Trinajstić information content (AvgIpc) is 3.29. The Morgan fingerprint density at radius 2 is 1.85 bits per heavy atom. The van der Waals surface area contributed by atoms with Gasteiger partial charge in [0.15, 0.2) is 0 Å². The van der Waals surface area contributed by atoms with Crippen molar-refractivity contribution in [3.05, 3.63) is 59.2 Å². The molecule has 0 bridgehead atoms. The zero-order valence-electron chi connectivity index (χ0n) is 18.1. The van der Waals surface area contributed by atoms with E-state index in [1.807, 2.05) is 6.92 Å². The van der Waals surface area contributed by atoms with E-state index < -0.39 is 17.0 Å². The van der Waals surface area contributed by atoms with Crippen molar-refractivity contribution in [3.8, 4) is 11.5 Å². The van der Waals surface area contributed by atoms with Gasteiger partial charge >= 0.3 is 12.3 Å². The average molecular weight is 511 g/mol. The molecule has 0 radical (unpaired) electrons. The molecule has 0 saturated carbocycles. The maximum Gasteiger partial charge on any atom is 0.419 e. The van der Waals surface area contributed by atoms with E-state index >= 15 is 0 Å². The van der Waals surface area contributed by atoms with Crippen LogP contribution in [0.3, 0.4) is 0 Å². The number of halogens is 3. The number of hydrogen-bond acceptors (Lipinski definition) is 6. The molecule has 4 rings (SSSR count). The monoisotopic (exact) mass is 510 g/mol. The molecule has 1 N–H and O–H groups in total. The number of nitrogens with zero attached hydrogens (tertiary/aromatic N) is 1. The highest BCUT2D eigenvalue weighted by atomic mass is 32.2. The summed E-state index contributed by atoms with van der Waals surface area (Å²) in [6.45, 7) is 2.72. The van der Waals surface area contributed by atoms with Crippen LogP contribution in [-0.4, -0.2) is 45.7 Å². The number of carbonyl (C=O) groups is 2. The molecule has 6 nitrogen and oxygen atoms in total. The zero-order chi connectivity index (χ0) is 24.5. The second kappa shape index (κ2) is 9.83. The van der Waals surface area contributed by atoms with Gasteiger partial charge in [-0.25, -0.2) is 4.79 Å². The van der Waals surface area contributed by atoms with E-state index in [0.717, 1.165) is 23.4 Å². The lowest BCUT2D eigenvalue weighted by Crippen LogP contribution is -2.34. The largest absolute Gasteiger partial charge is 0.457 e. The Bertz CT molecular complexity index is 1110. The van der Waals surface area contributed by atoms with E-state index in [-0.39, 0.29) is 36.0 Å². The third-order valence-electron chi connectivity index (χ3n) is 5.58. The molecular formula is C23H21F3N2O4S2.